The lowest BCUT2D eigenvalue weighted by molar-refractivity contribution is 0.249. The SMILES string of the molecule is CC(C)[C@@H](CO)Nc1ncnc(Cl)c1N. The number of hydrogen-bond donors (Lipinski definition) is 3. The van der Waals surface area contributed by atoms with Crippen LogP contribution in [0.5, 0.6) is 0 Å². The quantitative estimate of drug-likeness (QED) is 0.676. The molecule has 1 aromatic rings. The summed E-state index contributed by atoms with van der Waals surface area (Å²) in [5, 5.41) is 12.4. The van der Waals surface area contributed by atoms with Crippen molar-refractivity contribution in [2.24, 2.45) is 5.92 Å². The van der Waals surface area contributed by atoms with Crippen molar-refractivity contribution >= 4 is 23.1 Å². The number of aromatic nitrogens is 2. The van der Waals surface area contributed by atoms with Crippen LogP contribution >= 0.6 is 11.6 Å². The third kappa shape index (κ3) is 2.94. The Morgan fingerprint density at radius 3 is 2.73 bits per heavy atom. The van der Waals surface area contributed by atoms with Gasteiger partial charge in [0.1, 0.15) is 12.0 Å². The first-order chi connectivity index (χ1) is 7.06. The first-order valence-electron chi connectivity index (χ1n) is 4.69. The van der Waals surface area contributed by atoms with Crippen molar-refractivity contribution in [1.29, 1.82) is 0 Å². The fourth-order valence-corrected chi connectivity index (χ4v) is 1.22. The number of rotatable bonds is 4. The highest BCUT2D eigenvalue weighted by Gasteiger charge is 2.14. The standard InChI is InChI=1S/C9H15ClN4O/c1-5(2)6(3-15)14-9-7(11)8(10)12-4-13-9/h4-6,15H,3,11H2,1-2H3,(H,12,13,14)/t6-/m1/s1. The second kappa shape index (κ2) is 5.14. The van der Waals surface area contributed by atoms with Crippen molar-refractivity contribution in [2.75, 3.05) is 17.7 Å². The average molecular weight is 231 g/mol. The number of anilines is 2. The molecule has 5 nitrogen and oxygen atoms in total. The number of halogens is 1. The van der Waals surface area contributed by atoms with Crippen molar-refractivity contribution in [3.05, 3.63) is 11.5 Å². The van der Waals surface area contributed by atoms with Crippen LogP contribution in [0.1, 0.15) is 13.8 Å². The van der Waals surface area contributed by atoms with E-state index in [0.717, 1.165) is 0 Å². The average Bonchev–Trinajstić information content (AvgIpc) is 2.19. The van der Waals surface area contributed by atoms with Gasteiger partial charge in [0.2, 0.25) is 0 Å². The molecule has 1 aromatic heterocycles. The normalized spacial score (nSPS) is 12.9. The predicted molar refractivity (Wildman–Crippen MR) is 60.8 cm³/mol. The van der Waals surface area contributed by atoms with Gasteiger partial charge in [0.25, 0.3) is 0 Å². The van der Waals surface area contributed by atoms with Gasteiger partial charge >= 0.3 is 0 Å². The molecule has 0 spiro atoms. The van der Waals surface area contributed by atoms with Crippen molar-refractivity contribution in [3.8, 4) is 0 Å². The maximum atomic E-state index is 9.14. The molecule has 0 bridgehead atoms. The molecule has 0 fully saturated rings. The Bertz CT molecular complexity index is 332. The zero-order chi connectivity index (χ0) is 11.4. The smallest absolute Gasteiger partial charge is 0.157 e. The molecular formula is C9H15ClN4O. The highest BCUT2D eigenvalue weighted by Crippen LogP contribution is 2.23. The van der Waals surface area contributed by atoms with Gasteiger partial charge in [-0.1, -0.05) is 25.4 Å². The van der Waals surface area contributed by atoms with E-state index in [9.17, 15) is 0 Å². The number of aliphatic hydroxyl groups excluding tert-OH is 1. The minimum Gasteiger partial charge on any atom is -0.394 e. The second-order valence-corrected chi connectivity index (χ2v) is 3.96. The second-order valence-electron chi connectivity index (χ2n) is 3.60. The van der Waals surface area contributed by atoms with Crippen molar-refractivity contribution in [2.45, 2.75) is 19.9 Å². The molecule has 1 heterocycles. The maximum Gasteiger partial charge on any atom is 0.157 e. The van der Waals surface area contributed by atoms with E-state index in [1.807, 2.05) is 13.8 Å². The van der Waals surface area contributed by atoms with Crippen LogP contribution in [0.25, 0.3) is 0 Å². The fraction of sp³-hybridized carbons (Fsp3) is 0.556. The van der Waals surface area contributed by atoms with Crippen LogP contribution in [0.15, 0.2) is 6.33 Å². The molecule has 84 valence electrons. The molecule has 0 saturated heterocycles. The third-order valence-electron chi connectivity index (χ3n) is 2.16. The third-order valence-corrected chi connectivity index (χ3v) is 2.46. The lowest BCUT2D eigenvalue weighted by Gasteiger charge is -2.21. The Labute approximate surface area is 93.7 Å². The molecule has 0 aliphatic rings. The van der Waals surface area contributed by atoms with Gasteiger partial charge in [-0.25, -0.2) is 9.97 Å². The van der Waals surface area contributed by atoms with Gasteiger partial charge in [-0.2, -0.15) is 0 Å². The zero-order valence-corrected chi connectivity index (χ0v) is 9.49. The van der Waals surface area contributed by atoms with Crippen LogP contribution < -0.4 is 11.1 Å². The van der Waals surface area contributed by atoms with Gasteiger partial charge < -0.3 is 16.2 Å². The topological polar surface area (TPSA) is 84.1 Å². The molecule has 0 aliphatic carbocycles. The minimum atomic E-state index is -0.0988. The summed E-state index contributed by atoms with van der Waals surface area (Å²) in [5.41, 5.74) is 5.99. The molecule has 0 aliphatic heterocycles. The van der Waals surface area contributed by atoms with Crippen LogP contribution in [0.3, 0.4) is 0 Å². The maximum absolute atomic E-state index is 9.14. The van der Waals surface area contributed by atoms with E-state index in [-0.39, 0.29) is 23.7 Å². The molecule has 0 aromatic carbocycles. The molecule has 0 amide bonds. The van der Waals surface area contributed by atoms with Gasteiger partial charge in [0, 0.05) is 0 Å². The molecule has 1 atom stereocenters. The van der Waals surface area contributed by atoms with Crippen LogP contribution in [-0.4, -0.2) is 27.7 Å². The van der Waals surface area contributed by atoms with E-state index in [1.165, 1.54) is 6.33 Å². The highest BCUT2D eigenvalue weighted by atomic mass is 35.5. The monoisotopic (exact) mass is 230 g/mol. The summed E-state index contributed by atoms with van der Waals surface area (Å²) < 4.78 is 0. The van der Waals surface area contributed by atoms with Crippen molar-refractivity contribution < 1.29 is 5.11 Å². The molecule has 6 heteroatoms. The molecule has 1 rings (SSSR count). The number of hydrogen-bond acceptors (Lipinski definition) is 5. The van der Waals surface area contributed by atoms with Gasteiger partial charge in [-0.15, -0.1) is 0 Å². The van der Waals surface area contributed by atoms with Crippen LogP contribution in [0.4, 0.5) is 11.5 Å². The van der Waals surface area contributed by atoms with E-state index in [2.05, 4.69) is 15.3 Å². The van der Waals surface area contributed by atoms with Gasteiger partial charge in [-0.05, 0) is 5.92 Å². The lowest BCUT2D eigenvalue weighted by atomic mass is 10.1. The first-order valence-corrected chi connectivity index (χ1v) is 5.07. The van der Waals surface area contributed by atoms with Crippen LogP contribution in [0.2, 0.25) is 5.15 Å². The highest BCUT2D eigenvalue weighted by molar-refractivity contribution is 6.32. The van der Waals surface area contributed by atoms with E-state index < -0.39 is 0 Å². The summed E-state index contributed by atoms with van der Waals surface area (Å²) in [7, 11) is 0. The summed E-state index contributed by atoms with van der Waals surface area (Å²) in [6.07, 6.45) is 1.33. The number of nitrogen functional groups attached to an aromatic ring is 1. The van der Waals surface area contributed by atoms with Crippen LogP contribution in [-0.2, 0) is 0 Å². The summed E-state index contributed by atoms with van der Waals surface area (Å²) in [6, 6.07) is -0.0988. The number of nitrogens with one attached hydrogen (secondary N) is 1. The van der Waals surface area contributed by atoms with Gasteiger partial charge in [0.15, 0.2) is 11.0 Å². The number of nitrogens with zero attached hydrogens (tertiary/aromatic N) is 2. The van der Waals surface area contributed by atoms with E-state index in [1.54, 1.807) is 0 Å². The first kappa shape index (κ1) is 12.0. The minimum absolute atomic E-state index is 0.0126. The Morgan fingerprint density at radius 1 is 1.53 bits per heavy atom. The molecule has 0 unspecified atom stereocenters. The van der Waals surface area contributed by atoms with Gasteiger partial charge in [-0.3, -0.25) is 0 Å². The largest absolute Gasteiger partial charge is 0.394 e. The fourth-order valence-electron chi connectivity index (χ4n) is 1.09. The Kier molecular flexibility index (Phi) is 4.11. The van der Waals surface area contributed by atoms with E-state index >= 15 is 0 Å². The van der Waals surface area contributed by atoms with Crippen LogP contribution in [0, 0.1) is 5.92 Å². The Morgan fingerprint density at radius 2 is 2.20 bits per heavy atom. The zero-order valence-electron chi connectivity index (χ0n) is 8.74. The molecular weight excluding hydrogens is 216 g/mol. The summed E-state index contributed by atoms with van der Waals surface area (Å²) in [6.45, 7) is 4.00. The molecule has 0 radical (unpaired) electrons. The Hall–Kier alpha value is -1.07. The molecule has 15 heavy (non-hydrogen) atoms. The lowest BCUT2D eigenvalue weighted by Crippen LogP contribution is -2.30. The molecule has 0 saturated carbocycles. The number of aliphatic hydroxyl groups is 1. The summed E-state index contributed by atoms with van der Waals surface area (Å²) in [4.78, 5) is 7.71. The van der Waals surface area contributed by atoms with Crippen molar-refractivity contribution in [1.82, 2.24) is 9.97 Å². The van der Waals surface area contributed by atoms with E-state index in [0.29, 0.717) is 11.5 Å². The number of nitrogens with two attached hydrogens (primary N) is 1. The summed E-state index contributed by atoms with van der Waals surface area (Å²) in [5.74, 6) is 0.728. The van der Waals surface area contributed by atoms with Crippen molar-refractivity contribution in [3.63, 3.8) is 0 Å². The van der Waals surface area contributed by atoms with E-state index in [4.69, 9.17) is 22.4 Å². The molecule has 4 N–H and O–H groups in total. The predicted octanol–water partition coefficient (Wildman–Crippen LogP) is 1.14. The summed E-state index contributed by atoms with van der Waals surface area (Å²) >= 11 is 5.74. The van der Waals surface area contributed by atoms with Gasteiger partial charge in [0.05, 0.1) is 12.6 Å². The Balaban J connectivity index is 2.84.